The predicted molar refractivity (Wildman–Crippen MR) is 151 cm³/mol. The molecule has 0 spiro atoms. The molecule has 39 heavy (non-hydrogen) atoms. The van der Waals surface area contributed by atoms with Gasteiger partial charge in [-0.1, -0.05) is 40.0 Å². The highest BCUT2D eigenvalue weighted by atomic mass is 16.7. The molecule has 238 valence electrons. The van der Waals surface area contributed by atoms with Gasteiger partial charge in [0.25, 0.3) is 0 Å². The molecule has 1 aliphatic heterocycles. The Kier molecular flexibility index (Phi) is 26.3. The molecule has 4 unspecified atom stereocenters. The normalized spacial score (nSPS) is 26.1. The zero-order valence-electron chi connectivity index (χ0n) is 23.0. The van der Waals surface area contributed by atoms with E-state index in [0.717, 1.165) is 51.6 Å². The maximum Gasteiger partial charge on any atom is 0.186 e. The molecule has 1 saturated heterocycles. The first kappa shape index (κ1) is 40.6. The largest absolute Gasteiger partial charge is 0.389 e. The second kappa shape index (κ2) is 25.2. The fraction of sp³-hybridized carbons (Fsp3) is 1.00. The number of nitrogens with one attached hydrogen (secondary N) is 1. The number of aliphatic hydroxyl groups excluding tert-OH is 7. The van der Waals surface area contributed by atoms with Gasteiger partial charge in [0.2, 0.25) is 0 Å². The maximum absolute atomic E-state index is 10.1. The minimum atomic E-state index is -1.70. The van der Waals surface area contributed by atoms with Gasteiger partial charge in [-0.25, -0.2) is 0 Å². The van der Waals surface area contributed by atoms with Crippen LogP contribution in [0.25, 0.3) is 0 Å². The second-order valence-corrected chi connectivity index (χ2v) is 9.77. The summed E-state index contributed by atoms with van der Waals surface area (Å²) < 4.78 is 10.6. The van der Waals surface area contributed by atoms with Gasteiger partial charge in [-0.05, 0) is 58.3 Å². The summed E-state index contributed by atoms with van der Waals surface area (Å²) in [5.74, 6) is 0. The Morgan fingerprint density at radius 2 is 1.21 bits per heavy atom. The molecule has 0 aromatic rings. The fourth-order valence-electron chi connectivity index (χ4n) is 3.90. The molecule has 0 radical (unpaired) electrons. The predicted octanol–water partition coefficient (Wildman–Crippen LogP) is -2.13. The van der Waals surface area contributed by atoms with Crippen LogP contribution in [-0.2, 0) is 9.47 Å². The van der Waals surface area contributed by atoms with Crippen LogP contribution in [-0.4, -0.2) is 130 Å². The minimum Gasteiger partial charge on any atom is -0.389 e. The average Bonchev–Trinajstić information content (AvgIpc) is 2.92. The summed E-state index contributed by atoms with van der Waals surface area (Å²) in [5, 5.41) is 72.8. The van der Waals surface area contributed by atoms with Crippen LogP contribution in [0.1, 0.15) is 72.1 Å². The van der Waals surface area contributed by atoms with E-state index in [0.29, 0.717) is 19.5 Å². The van der Waals surface area contributed by atoms with Crippen LogP contribution >= 0.6 is 0 Å². The summed E-state index contributed by atoms with van der Waals surface area (Å²) in [5.41, 5.74) is 16.0. The van der Waals surface area contributed by atoms with Crippen LogP contribution < -0.4 is 22.5 Å². The first-order valence-electron chi connectivity index (χ1n) is 14.0. The lowest BCUT2D eigenvalue weighted by Gasteiger charge is -2.40. The van der Waals surface area contributed by atoms with E-state index < -0.39 is 61.7 Å². The molecule has 0 aromatic carbocycles. The number of rotatable bonds is 20. The highest BCUT2D eigenvalue weighted by molar-refractivity contribution is 4.89. The molecule has 1 aliphatic rings. The zero-order chi connectivity index (χ0) is 28.9. The molecule has 13 heteroatoms. The monoisotopic (exact) mass is 572 g/mol. The summed E-state index contributed by atoms with van der Waals surface area (Å²) in [4.78, 5) is 0. The van der Waals surface area contributed by atoms with Crippen molar-refractivity contribution in [3.8, 4) is 0 Å². The van der Waals surface area contributed by atoms with E-state index in [4.69, 9.17) is 26.7 Å². The Hall–Kier alpha value is -0.520. The van der Waals surface area contributed by atoms with Crippen molar-refractivity contribution in [3.63, 3.8) is 0 Å². The summed E-state index contributed by atoms with van der Waals surface area (Å²) in [6.45, 7) is 4.18. The Labute approximate surface area is 234 Å². The van der Waals surface area contributed by atoms with Crippen molar-refractivity contribution < 1.29 is 45.2 Å². The number of ether oxygens (including phenoxy) is 2. The average molecular weight is 573 g/mol. The molecule has 1 heterocycles. The molecule has 0 bridgehead atoms. The third kappa shape index (κ3) is 17.1. The van der Waals surface area contributed by atoms with Gasteiger partial charge >= 0.3 is 0 Å². The molecule has 14 N–H and O–H groups in total. The SMILES string of the molecule is C.CCC1O[C@H](OCC(O)[C@@H](O)[C@@H](O)C(O)CNCCCCCCN)C(O)[C@H](O)[C@@H]1O.NCCCCCCN. The summed E-state index contributed by atoms with van der Waals surface area (Å²) in [6, 6.07) is 0. The van der Waals surface area contributed by atoms with Crippen LogP contribution in [0.15, 0.2) is 0 Å². The molecule has 0 saturated carbocycles. The van der Waals surface area contributed by atoms with Gasteiger partial charge < -0.3 is 67.7 Å². The second-order valence-electron chi connectivity index (χ2n) is 9.77. The molecule has 1 fully saturated rings. The number of hydrogen-bond donors (Lipinski definition) is 11. The van der Waals surface area contributed by atoms with E-state index in [1.807, 2.05) is 0 Å². The lowest BCUT2D eigenvalue weighted by atomic mass is 9.97. The van der Waals surface area contributed by atoms with Gasteiger partial charge in [-0.2, -0.15) is 0 Å². The van der Waals surface area contributed by atoms with Crippen molar-refractivity contribution >= 4 is 0 Å². The molecule has 0 aliphatic carbocycles. The minimum absolute atomic E-state index is 0. The maximum atomic E-state index is 10.1. The van der Waals surface area contributed by atoms with Crippen molar-refractivity contribution in [2.45, 2.75) is 127 Å². The van der Waals surface area contributed by atoms with Crippen molar-refractivity contribution in [2.75, 3.05) is 39.3 Å². The van der Waals surface area contributed by atoms with Gasteiger partial charge in [0.05, 0.1) is 18.8 Å². The molecular weight excluding hydrogens is 512 g/mol. The van der Waals surface area contributed by atoms with Gasteiger partial charge in [0, 0.05) is 6.54 Å². The molecular formula is C26H60N4O9. The molecule has 9 atom stereocenters. The van der Waals surface area contributed by atoms with Gasteiger partial charge in [0.1, 0.15) is 36.6 Å². The highest BCUT2D eigenvalue weighted by Gasteiger charge is 2.44. The molecule has 0 amide bonds. The Bertz CT molecular complexity index is 534. The summed E-state index contributed by atoms with van der Waals surface area (Å²) in [6.07, 6.45) is -3.55. The fourth-order valence-corrected chi connectivity index (χ4v) is 3.90. The summed E-state index contributed by atoms with van der Waals surface area (Å²) in [7, 11) is 0. The van der Waals surface area contributed by atoms with E-state index in [9.17, 15) is 35.7 Å². The topological polar surface area (TPSA) is 250 Å². The molecule has 13 nitrogen and oxygen atoms in total. The number of unbranched alkanes of at least 4 members (excludes halogenated alkanes) is 6. The third-order valence-corrected chi connectivity index (χ3v) is 6.46. The van der Waals surface area contributed by atoms with Gasteiger partial charge in [-0.15, -0.1) is 0 Å². The Morgan fingerprint density at radius 3 is 1.69 bits per heavy atom. The molecule has 0 aromatic heterocycles. The number of aliphatic hydroxyl groups is 7. The Balaban J connectivity index is 0. The van der Waals surface area contributed by atoms with Crippen molar-refractivity contribution in [2.24, 2.45) is 17.2 Å². The van der Waals surface area contributed by atoms with Gasteiger partial charge in [-0.3, -0.25) is 0 Å². The lowest BCUT2D eigenvalue weighted by Crippen LogP contribution is -2.58. The standard InChI is InChI=1S/C19H40N2O9.C6H16N2.CH4/c1-2-13-16(26)17(27)18(28)19(30-13)29-10-12(23)15(25)14(24)11(22)9-21-8-6-4-3-5-7-20;7-5-3-1-2-4-6-8;/h11-19,21-28H,2-10,20H2,1H3;1-8H2;1H4/t11?,12?,13?,14-,15+,16+,17+,18?,19-;;/m0../s1. The van der Waals surface area contributed by atoms with Crippen LogP contribution in [0.2, 0.25) is 0 Å². The van der Waals surface area contributed by atoms with Crippen molar-refractivity contribution in [3.05, 3.63) is 0 Å². The first-order chi connectivity index (χ1) is 18.2. The van der Waals surface area contributed by atoms with Crippen LogP contribution in [0, 0.1) is 0 Å². The smallest absolute Gasteiger partial charge is 0.186 e. The first-order valence-corrected chi connectivity index (χ1v) is 14.0. The van der Waals surface area contributed by atoms with Crippen molar-refractivity contribution in [1.82, 2.24) is 5.32 Å². The van der Waals surface area contributed by atoms with Crippen LogP contribution in [0.5, 0.6) is 0 Å². The van der Waals surface area contributed by atoms with E-state index in [1.165, 1.54) is 12.8 Å². The highest BCUT2D eigenvalue weighted by Crippen LogP contribution is 2.24. The molecule has 1 rings (SSSR count). The quantitative estimate of drug-likeness (QED) is 0.0698. The van der Waals surface area contributed by atoms with E-state index in [-0.39, 0.29) is 14.0 Å². The van der Waals surface area contributed by atoms with Crippen LogP contribution in [0.3, 0.4) is 0 Å². The van der Waals surface area contributed by atoms with Crippen LogP contribution in [0.4, 0.5) is 0 Å². The van der Waals surface area contributed by atoms with E-state index in [2.05, 4.69) is 5.32 Å². The zero-order valence-corrected chi connectivity index (χ0v) is 23.0. The summed E-state index contributed by atoms with van der Waals surface area (Å²) >= 11 is 0. The van der Waals surface area contributed by atoms with Crippen molar-refractivity contribution in [1.29, 1.82) is 0 Å². The Morgan fingerprint density at radius 1 is 0.718 bits per heavy atom. The number of nitrogens with two attached hydrogens (primary N) is 3. The van der Waals surface area contributed by atoms with E-state index in [1.54, 1.807) is 6.92 Å². The van der Waals surface area contributed by atoms with E-state index >= 15 is 0 Å². The van der Waals surface area contributed by atoms with Gasteiger partial charge in [0.15, 0.2) is 6.29 Å². The lowest BCUT2D eigenvalue weighted by molar-refractivity contribution is -0.303. The third-order valence-electron chi connectivity index (χ3n) is 6.46. The number of hydrogen-bond acceptors (Lipinski definition) is 13.